The van der Waals surface area contributed by atoms with Crippen molar-refractivity contribution in [1.82, 2.24) is 0 Å². The smallest absolute Gasteiger partial charge is 0.266 e. The minimum absolute atomic E-state index is 0.0735. The van der Waals surface area contributed by atoms with Crippen LogP contribution in [-0.2, 0) is 11.4 Å². The summed E-state index contributed by atoms with van der Waals surface area (Å²) < 4.78 is 17.2. The molecule has 6 nitrogen and oxygen atoms in total. The number of ether oxygens (including phenoxy) is 3. The SMILES string of the molecule is C#CCOc1c(Br)cc(/C=C(\C#N)C(=O)Nc2ccc(OCc3ccccc3)cc2)cc1OC. The van der Waals surface area contributed by atoms with Crippen molar-refractivity contribution < 1.29 is 19.0 Å². The Morgan fingerprint density at radius 3 is 2.50 bits per heavy atom. The minimum Gasteiger partial charge on any atom is -0.493 e. The standard InChI is InChI=1S/C27H21BrN2O4/c1-3-13-33-26-24(28)15-20(16-25(26)32-2)14-21(17-29)27(31)30-22-9-11-23(12-10-22)34-18-19-7-5-4-6-8-19/h1,4-12,14-16H,13,18H2,2H3,(H,30,31)/b21-14+. The van der Waals surface area contributed by atoms with Crippen LogP contribution in [0, 0.1) is 23.7 Å². The molecule has 0 aliphatic heterocycles. The van der Waals surface area contributed by atoms with Gasteiger partial charge in [0, 0.05) is 5.69 Å². The Balaban J connectivity index is 1.69. The largest absolute Gasteiger partial charge is 0.493 e. The summed E-state index contributed by atoms with van der Waals surface area (Å²) in [5.41, 5.74) is 2.10. The molecular weight excluding hydrogens is 496 g/mol. The molecule has 0 saturated carbocycles. The lowest BCUT2D eigenvalue weighted by molar-refractivity contribution is -0.112. The van der Waals surface area contributed by atoms with E-state index in [1.807, 2.05) is 36.4 Å². The maximum Gasteiger partial charge on any atom is 0.266 e. The van der Waals surface area contributed by atoms with E-state index in [4.69, 9.17) is 20.6 Å². The number of benzene rings is 3. The molecule has 0 atom stereocenters. The summed E-state index contributed by atoms with van der Waals surface area (Å²) in [6.45, 7) is 0.519. The zero-order chi connectivity index (χ0) is 24.3. The number of nitrogens with zero attached hydrogens (tertiary/aromatic N) is 1. The van der Waals surface area contributed by atoms with Gasteiger partial charge in [0.05, 0.1) is 11.6 Å². The second-order valence-electron chi connectivity index (χ2n) is 6.95. The zero-order valence-corrected chi connectivity index (χ0v) is 20.0. The van der Waals surface area contributed by atoms with Crippen LogP contribution in [0.2, 0.25) is 0 Å². The molecule has 0 saturated heterocycles. The number of methoxy groups -OCH3 is 1. The van der Waals surface area contributed by atoms with Crippen LogP contribution < -0.4 is 19.5 Å². The summed E-state index contributed by atoms with van der Waals surface area (Å²) in [4.78, 5) is 12.7. The topological polar surface area (TPSA) is 80.6 Å². The van der Waals surface area contributed by atoms with Gasteiger partial charge in [0.15, 0.2) is 11.5 Å². The third-order valence-corrected chi connectivity index (χ3v) is 5.18. The predicted molar refractivity (Wildman–Crippen MR) is 134 cm³/mol. The zero-order valence-electron chi connectivity index (χ0n) is 18.4. The van der Waals surface area contributed by atoms with Gasteiger partial charge in [0.25, 0.3) is 5.91 Å². The van der Waals surface area contributed by atoms with Crippen molar-refractivity contribution in [3.63, 3.8) is 0 Å². The lowest BCUT2D eigenvalue weighted by atomic mass is 10.1. The first-order valence-electron chi connectivity index (χ1n) is 10.2. The van der Waals surface area contributed by atoms with Crippen LogP contribution in [0.4, 0.5) is 5.69 Å². The lowest BCUT2D eigenvalue weighted by Crippen LogP contribution is -2.13. The number of nitrogens with one attached hydrogen (secondary N) is 1. The molecule has 0 spiro atoms. The highest BCUT2D eigenvalue weighted by molar-refractivity contribution is 9.10. The van der Waals surface area contributed by atoms with Gasteiger partial charge in [-0.3, -0.25) is 4.79 Å². The molecule has 3 aromatic rings. The molecule has 0 aliphatic carbocycles. The summed E-state index contributed by atoms with van der Waals surface area (Å²) in [5, 5.41) is 12.3. The number of halogens is 1. The van der Waals surface area contributed by atoms with Crippen molar-refractivity contribution in [2.24, 2.45) is 0 Å². The molecule has 34 heavy (non-hydrogen) atoms. The molecule has 0 radical (unpaired) electrons. The Kier molecular flexibility index (Phi) is 8.73. The monoisotopic (exact) mass is 516 g/mol. The number of hydrogen-bond acceptors (Lipinski definition) is 5. The van der Waals surface area contributed by atoms with Crippen molar-refractivity contribution >= 4 is 33.6 Å². The number of terminal acetylenes is 1. The Hall–Kier alpha value is -4.20. The highest BCUT2D eigenvalue weighted by atomic mass is 79.9. The lowest BCUT2D eigenvalue weighted by Gasteiger charge is -2.12. The summed E-state index contributed by atoms with van der Waals surface area (Å²) in [7, 11) is 1.49. The Morgan fingerprint density at radius 1 is 1.12 bits per heavy atom. The molecule has 1 N–H and O–H groups in total. The molecule has 3 aromatic carbocycles. The molecule has 0 heterocycles. The van der Waals surface area contributed by atoms with Gasteiger partial charge in [-0.2, -0.15) is 5.26 Å². The first kappa shape index (κ1) is 24.4. The van der Waals surface area contributed by atoms with Crippen LogP contribution in [0.5, 0.6) is 17.2 Å². The maximum absolute atomic E-state index is 12.7. The molecule has 0 aliphatic rings. The van der Waals surface area contributed by atoms with Crippen LogP contribution >= 0.6 is 15.9 Å². The first-order valence-corrected chi connectivity index (χ1v) is 11.0. The molecule has 3 rings (SSSR count). The summed E-state index contributed by atoms with van der Waals surface area (Å²) >= 11 is 3.41. The van der Waals surface area contributed by atoms with Crippen LogP contribution in [0.25, 0.3) is 6.08 Å². The number of rotatable bonds is 9. The number of amides is 1. The fourth-order valence-electron chi connectivity index (χ4n) is 2.97. The van der Waals surface area contributed by atoms with E-state index in [1.54, 1.807) is 36.4 Å². The average Bonchev–Trinajstić information content (AvgIpc) is 2.86. The van der Waals surface area contributed by atoms with Crippen LogP contribution in [-0.4, -0.2) is 19.6 Å². The summed E-state index contributed by atoms with van der Waals surface area (Å²) in [6.07, 6.45) is 6.71. The molecular formula is C27H21BrN2O4. The van der Waals surface area contributed by atoms with Crippen molar-refractivity contribution in [2.45, 2.75) is 6.61 Å². The van der Waals surface area contributed by atoms with Crippen LogP contribution in [0.15, 0.2) is 76.8 Å². The van der Waals surface area contributed by atoms with E-state index in [0.29, 0.717) is 39.6 Å². The van der Waals surface area contributed by atoms with Crippen LogP contribution in [0.3, 0.4) is 0 Å². The molecule has 1 amide bonds. The predicted octanol–water partition coefficient (Wildman–Crippen LogP) is 5.59. The van der Waals surface area contributed by atoms with Gasteiger partial charge in [0.2, 0.25) is 0 Å². The van der Waals surface area contributed by atoms with E-state index < -0.39 is 5.91 Å². The molecule has 0 fully saturated rings. The fraction of sp³-hybridized carbons (Fsp3) is 0.111. The van der Waals surface area contributed by atoms with Crippen LogP contribution in [0.1, 0.15) is 11.1 Å². The second-order valence-corrected chi connectivity index (χ2v) is 7.80. The molecule has 0 aromatic heterocycles. The van der Waals surface area contributed by atoms with Gasteiger partial charge in [-0.15, -0.1) is 6.42 Å². The molecule has 170 valence electrons. The van der Waals surface area contributed by atoms with Crippen molar-refractivity contribution in [2.75, 3.05) is 19.0 Å². The van der Waals surface area contributed by atoms with Gasteiger partial charge >= 0.3 is 0 Å². The number of carbonyl (C=O) groups is 1. The average molecular weight is 517 g/mol. The van der Waals surface area contributed by atoms with Crippen molar-refractivity contribution in [3.8, 4) is 35.7 Å². The van der Waals surface area contributed by atoms with Crippen molar-refractivity contribution in [3.05, 3.63) is 87.9 Å². The Morgan fingerprint density at radius 2 is 1.85 bits per heavy atom. The maximum atomic E-state index is 12.7. The van der Waals surface area contributed by atoms with E-state index in [0.717, 1.165) is 5.56 Å². The van der Waals surface area contributed by atoms with Gasteiger partial charge in [0.1, 0.15) is 30.6 Å². The molecule has 0 bridgehead atoms. The van der Waals surface area contributed by atoms with Gasteiger partial charge in [-0.25, -0.2) is 0 Å². The quantitative estimate of drug-likeness (QED) is 0.227. The van der Waals surface area contributed by atoms with Gasteiger partial charge in [-0.05, 0) is 69.5 Å². The minimum atomic E-state index is -0.539. The first-order chi connectivity index (χ1) is 16.5. The third kappa shape index (κ3) is 6.65. The third-order valence-electron chi connectivity index (χ3n) is 4.59. The van der Waals surface area contributed by atoms with E-state index in [-0.39, 0.29) is 12.2 Å². The van der Waals surface area contributed by atoms with E-state index in [2.05, 4.69) is 27.2 Å². The summed E-state index contributed by atoms with van der Waals surface area (Å²) in [5.74, 6) is 3.38. The van der Waals surface area contributed by atoms with Gasteiger partial charge in [-0.1, -0.05) is 36.3 Å². The second kappa shape index (κ2) is 12.2. The van der Waals surface area contributed by atoms with E-state index in [9.17, 15) is 10.1 Å². The number of nitriles is 1. The Bertz CT molecular complexity index is 1260. The number of carbonyl (C=O) groups excluding carboxylic acids is 1. The van der Waals surface area contributed by atoms with E-state index in [1.165, 1.54) is 13.2 Å². The highest BCUT2D eigenvalue weighted by Crippen LogP contribution is 2.37. The normalized spacial score (nSPS) is 10.5. The van der Waals surface area contributed by atoms with Crippen molar-refractivity contribution in [1.29, 1.82) is 5.26 Å². The molecule has 7 heteroatoms. The summed E-state index contributed by atoms with van der Waals surface area (Å²) in [6, 6.07) is 22.1. The highest BCUT2D eigenvalue weighted by Gasteiger charge is 2.14. The Labute approximate surface area is 206 Å². The fourth-order valence-corrected chi connectivity index (χ4v) is 3.54. The van der Waals surface area contributed by atoms with E-state index >= 15 is 0 Å². The molecule has 0 unspecified atom stereocenters. The number of hydrogen-bond donors (Lipinski definition) is 1. The number of anilines is 1. The van der Waals surface area contributed by atoms with Gasteiger partial charge < -0.3 is 19.5 Å².